The Labute approximate surface area is 180 Å². The average Bonchev–Trinajstić information content (AvgIpc) is 2.80. The average molecular weight is 410 g/mol. The lowest BCUT2D eigenvalue weighted by molar-refractivity contribution is 0.417. The first kappa shape index (κ1) is 20.0. The Hall–Kier alpha value is -4.26. The Morgan fingerprint density at radius 2 is 1.71 bits per heavy atom. The molecule has 2 heterocycles. The van der Waals surface area contributed by atoms with Gasteiger partial charge in [0.15, 0.2) is 0 Å². The fourth-order valence-corrected chi connectivity index (χ4v) is 3.16. The van der Waals surface area contributed by atoms with E-state index >= 15 is 0 Å². The highest BCUT2D eigenvalue weighted by atomic mass is 16.5. The fourth-order valence-electron chi connectivity index (χ4n) is 3.16. The molecule has 31 heavy (non-hydrogen) atoms. The Bertz CT molecular complexity index is 1270. The van der Waals surface area contributed by atoms with Crippen molar-refractivity contribution in [3.63, 3.8) is 0 Å². The van der Waals surface area contributed by atoms with Crippen molar-refractivity contribution >= 4 is 39.0 Å². The molecule has 0 aliphatic carbocycles. The molecular weight excluding hydrogens is 388 g/mol. The lowest BCUT2D eigenvalue weighted by Gasteiger charge is -2.11. The van der Waals surface area contributed by atoms with E-state index in [4.69, 9.17) is 10.5 Å². The maximum Gasteiger partial charge on any atom is 0.143 e. The summed E-state index contributed by atoms with van der Waals surface area (Å²) in [5.41, 5.74) is 10.5. The van der Waals surface area contributed by atoms with Crippen LogP contribution in [0.1, 0.15) is 5.56 Å². The molecule has 0 unspecified atom stereocenters. The molecule has 0 fully saturated rings. The number of nitrogen functional groups attached to an aromatic ring is 1. The number of benzene rings is 3. The normalized spacial score (nSPS) is 10.4. The number of aryl methyl sites for hydroxylation is 1. The molecule has 0 amide bonds. The van der Waals surface area contributed by atoms with Gasteiger partial charge in [-0.1, -0.05) is 30.3 Å². The second kappa shape index (κ2) is 9.04. The molecule has 0 saturated carbocycles. The number of nitrogens with zero attached hydrogens (tertiary/aromatic N) is 4. The van der Waals surface area contributed by atoms with Gasteiger partial charge >= 0.3 is 0 Å². The highest BCUT2D eigenvalue weighted by molar-refractivity contribution is 5.94. The van der Waals surface area contributed by atoms with Crippen molar-refractivity contribution in [3.05, 3.63) is 85.1 Å². The van der Waals surface area contributed by atoms with Crippen molar-refractivity contribution in [2.24, 2.45) is 0 Å². The summed E-state index contributed by atoms with van der Waals surface area (Å²) in [5.74, 6) is 1.34. The molecule has 2 aromatic heterocycles. The van der Waals surface area contributed by atoms with Crippen LogP contribution in [0.25, 0.3) is 21.8 Å². The van der Waals surface area contributed by atoms with Crippen LogP contribution in [0.3, 0.4) is 0 Å². The molecule has 0 bridgehead atoms. The zero-order chi connectivity index (χ0) is 21.6. The van der Waals surface area contributed by atoms with Gasteiger partial charge in [0.2, 0.25) is 0 Å². The summed E-state index contributed by atoms with van der Waals surface area (Å²) in [6, 6.07) is 19.6. The molecule has 0 spiro atoms. The van der Waals surface area contributed by atoms with Crippen LogP contribution < -0.4 is 15.8 Å². The maximum absolute atomic E-state index is 5.98. The molecule has 5 aromatic rings. The van der Waals surface area contributed by atoms with Crippen molar-refractivity contribution in [1.29, 1.82) is 0 Å². The molecule has 0 aliphatic rings. The second-order valence-electron chi connectivity index (χ2n) is 6.91. The van der Waals surface area contributed by atoms with E-state index in [1.165, 1.54) is 11.9 Å². The predicted octanol–water partition coefficient (Wildman–Crippen LogP) is 4.90. The van der Waals surface area contributed by atoms with E-state index in [-0.39, 0.29) is 0 Å². The van der Waals surface area contributed by atoms with Crippen LogP contribution >= 0.6 is 0 Å². The fraction of sp³-hybridized carbons (Fsp3) is 0.0833. The zero-order valence-corrected chi connectivity index (χ0v) is 17.3. The topological polar surface area (TPSA) is 98.8 Å². The quantitative estimate of drug-likeness (QED) is 0.408. The van der Waals surface area contributed by atoms with Crippen molar-refractivity contribution in [2.75, 3.05) is 18.2 Å². The Morgan fingerprint density at radius 3 is 2.52 bits per heavy atom. The summed E-state index contributed by atoms with van der Waals surface area (Å²) in [4.78, 5) is 16.5. The minimum absolute atomic E-state index is 0.562. The van der Waals surface area contributed by atoms with Crippen LogP contribution in [0.5, 0.6) is 5.75 Å². The largest absolute Gasteiger partial charge is 0.495 e. The van der Waals surface area contributed by atoms with Crippen LogP contribution in [-0.2, 0) is 0 Å². The molecule has 154 valence electrons. The molecule has 3 aromatic carbocycles. The van der Waals surface area contributed by atoms with Gasteiger partial charge in [0.1, 0.15) is 24.2 Å². The van der Waals surface area contributed by atoms with E-state index < -0.39 is 0 Å². The molecular formula is C24H22N6O. The van der Waals surface area contributed by atoms with Gasteiger partial charge in [0.25, 0.3) is 0 Å². The molecule has 7 heteroatoms. The lowest BCUT2D eigenvalue weighted by Crippen LogP contribution is -1.98. The number of nitrogens with one attached hydrogen (secondary N) is 1. The monoisotopic (exact) mass is 410 g/mol. The van der Waals surface area contributed by atoms with Crippen molar-refractivity contribution in [3.8, 4) is 5.75 Å². The van der Waals surface area contributed by atoms with Gasteiger partial charge in [0.05, 0.1) is 23.8 Å². The van der Waals surface area contributed by atoms with E-state index in [1.54, 1.807) is 13.4 Å². The number of hydrogen-bond acceptors (Lipinski definition) is 7. The number of anilines is 3. The van der Waals surface area contributed by atoms with Crippen molar-refractivity contribution < 1.29 is 4.74 Å². The molecule has 3 N–H and O–H groups in total. The number of aromatic nitrogens is 4. The second-order valence-corrected chi connectivity index (χ2v) is 6.91. The van der Waals surface area contributed by atoms with Crippen LogP contribution in [0.2, 0.25) is 0 Å². The smallest absolute Gasteiger partial charge is 0.143 e. The molecule has 0 saturated heterocycles. The van der Waals surface area contributed by atoms with Gasteiger partial charge in [-0.15, -0.1) is 0 Å². The first-order valence-corrected chi connectivity index (χ1v) is 9.70. The third-order valence-electron chi connectivity index (χ3n) is 4.68. The molecule has 7 nitrogen and oxygen atoms in total. The number of para-hydroxylation sites is 1. The van der Waals surface area contributed by atoms with Crippen LogP contribution in [0.4, 0.5) is 17.2 Å². The zero-order valence-electron chi connectivity index (χ0n) is 17.3. The lowest BCUT2D eigenvalue weighted by atomic mass is 10.2. The van der Waals surface area contributed by atoms with E-state index in [9.17, 15) is 0 Å². The minimum Gasteiger partial charge on any atom is -0.495 e. The third kappa shape index (κ3) is 4.67. The van der Waals surface area contributed by atoms with Gasteiger partial charge in [-0.25, -0.2) is 19.9 Å². The van der Waals surface area contributed by atoms with Gasteiger partial charge in [0, 0.05) is 28.7 Å². The van der Waals surface area contributed by atoms with Gasteiger partial charge in [-0.2, -0.15) is 0 Å². The number of ether oxygens (including phenoxy) is 1. The summed E-state index contributed by atoms with van der Waals surface area (Å²) in [7, 11) is 1.59. The molecule has 0 atom stereocenters. The molecule has 0 aliphatic heterocycles. The Kier molecular flexibility index (Phi) is 5.84. The van der Waals surface area contributed by atoms with Gasteiger partial charge in [-0.3, -0.25) is 0 Å². The summed E-state index contributed by atoms with van der Waals surface area (Å²) in [5, 5.41) is 5.25. The standard InChI is InChI=1S/C16H16N4O.C8H6N2/c1-10-4-3-5-11(6-10)20-16-12-7-13(17)15(21-2)8-14(12)18-9-19-16;1-2-4-8-7(3-1)5-9-6-10-8/h3-9H,17H2,1-2H3,(H,18,19,20);1-6H. The predicted molar refractivity (Wildman–Crippen MR) is 125 cm³/mol. The third-order valence-corrected chi connectivity index (χ3v) is 4.68. The summed E-state index contributed by atoms with van der Waals surface area (Å²) < 4.78 is 5.22. The number of hydrogen-bond donors (Lipinski definition) is 2. The SMILES string of the molecule is COc1cc2ncnc(Nc3cccc(C)c3)c2cc1N.c1ccc2ncncc2c1. The summed E-state index contributed by atoms with van der Waals surface area (Å²) >= 11 is 0. The number of fused-ring (bicyclic) bond motifs is 2. The molecule has 0 radical (unpaired) electrons. The van der Waals surface area contributed by atoms with Crippen LogP contribution in [0, 0.1) is 6.92 Å². The van der Waals surface area contributed by atoms with E-state index in [2.05, 4.69) is 31.3 Å². The van der Waals surface area contributed by atoms with Crippen molar-refractivity contribution in [2.45, 2.75) is 6.92 Å². The first-order valence-electron chi connectivity index (χ1n) is 9.70. The van der Waals surface area contributed by atoms with Crippen LogP contribution in [-0.4, -0.2) is 27.0 Å². The van der Waals surface area contributed by atoms with Gasteiger partial charge < -0.3 is 15.8 Å². The minimum atomic E-state index is 0.562. The first-order chi connectivity index (χ1) is 15.1. The Balaban J connectivity index is 0.000000192. The van der Waals surface area contributed by atoms with Gasteiger partial charge in [-0.05, 0) is 36.8 Å². The van der Waals surface area contributed by atoms with E-state index in [0.29, 0.717) is 11.4 Å². The number of rotatable bonds is 3. The maximum atomic E-state index is 5.98. The number of nitrogens with two attached hydrogens (primary N) is 1. The summed E-state index contributed by atoms with van der Waals surface area (Å²) in [6.45, 7) is 2.05. The highest BCUT2D eigenvalue weighted by Gasteiger charge is 2.08. The Morgan fingerprint density at radius 1 is 0.871 bits per heavy atom. The van der Waals surface area contributed by atoms with Crippen LogP contribution in [0.15, 0.2) is 79.5 Å². The summed E-state index contributed by atoms with van der Waals surface area (Å²) in [6.07, 6.45) is 4.89. The number of methoxy groups -OCH3 is 1. The molecule has 5 rings (SSSR count). The van der Waals surface area contributed by atoms with E-state index in [1.807, 2.05) is 67.7 Å². The van der Waals surface area contributed by atoms with Crippen molar-refractivity contribution in [1.82, 2.24) is 19.9 Å². The van der Waals surface area contributed by atoms with E-state index in [0.717, 1.165) is 33.3 Å². The highest BCUT2D eigenvalue weighted by Crippen LogP contribution is 2.31.